The summed E-state index contributed by atoms with van der Waals surface area (Å²) in [6.07, 6.45) is 0. The molecule has 16 heteroatoms. The van der Waals surface area contributed by atoms with E-state index in [0.717, 1.165) is 56.7 Å². The third-order valence-electron chi connectivity index (χ3n) is 13.1. The number of carboxylic acids is 1. The van der Waals surface area contributed by atoms with Crippen molar-refractivity contribution in [2.75, 3.05) is 52.6 Å². The van der Waals surface area contributed by atoms with Crippen molar-refractivity contribution >= 4 is 24.3 Å². The monoisotopic (exact) mass is 958 g/mol. The highest BCUT2D eigenvalue weighted by atomic mass is 35.5. The maximum absolute atomic E-state index is 15.3. The molecular formula is C53H57ClF2N8O5. The highest BCUT2D eigenvalue weighted by molar-refractivity contribution is 5.96. The number of aromatic amines is 2. The van der Waals surface area contributed by atoms with Crippen LogP contribution in [0.15, 0.2) is 84.9 Å². The molecule has 69 heavy (non-hydrogen) atoms. The molecule has 6 aromatic rings. The molecule has 0 unspecified atom stereocenters. The molecule has 0 spiro atoms. The Morgan fingerprint density at radius 1 is 0.667 bits per heavy atom. The fourth-order valence-electron chi connectivity index (χ4n) is 8.43. The molecule has 13 nitrogen and oxygen atoms in total. The average molecular weight is 960 g/mol. The molecule has 4 saturated heterocycles. The van der Waals surface area contributed by atoms with Gasteiger partial charge in [0, 0.05) is 41.2 Å². The fraction of sp³-hybridized carbons (Fsp3) is 0.358. The number of hydrogen-bond donors (Lipinski definition) is 4. The van der Waals surface area contributed by atoms with Crippen LogP contribution in [0, 0.1) is 50.4 Å². The Morgan fingerprint density at radius 3 is 1.43 bits per heavy atom. The van der Waals surface area contributed by atoms with Crippen LogP contribution in [-0.2, 0) is 31.6 Å². The van der Waals surface area contributed by atoms with E-state index < -0.39 is 17.3 Å². The Kier molecular flexibility index (Phi) is 15.0. The van der Waals surface area contributed by atoms with Crippen molar-refractivity contribution in [1.82, 2.24) is 30.2 Å². The van der Waals surface area contributed by atoms with Gasteiger partial charge >= 0.3 is 5.97 Å². The molecule has 360 valence electrons. The van der Waals surface area contributed by atoms with Gasteiger partial charge in [-0.1, -0.05) is 43.8 Å². The number of halogens is 3. The Morgan fingerprint density at radius 2 is 1.07 bits per heavy atom. The van der Waals surface area contributed by atoms with Crippen LogP contribution in [0.5, 0.6) is 0 Å². The second-order valence-corrected chi connectivity index (χ2v) is 18.7. The Balaban J connectivity index is 0.000000186. The number of nitrogens with one attached hydrogen (secondary N) is 3. The van der Waals surface area contributed by atoms with Crippen LogP contribution in [-0.4, -0.2) is 94.4 Å². The first-order chi connectivity index (χ1) is 31.9. The van der Waals surface area contributed by atoms with E-state index in [9.17, 15) is 14.0 Å². The molecule has 0 bridgehead atoms. The highest BCUT2D eigenvalue weighted by Crippen LogP contribution is 2.39. The minimum atomic E-state index is -1.59. The minimum Gasteiger partial charge on any atom is -0.478 e. The number of aromatic nitrogens is 4. The number of aromatic carboxylic acids is 1. The number of benzene rings is 4. The SMILES string of the molecule is C.Cc1ccc(C(=O)N2CC(F)(c3ccc(C#N)cc3)C2)cc1-c1nc(C2(C)COC2)[nH]c1C.Cc1ccc(C(=O)O)cc1-c1nc(C2(C)COC2)[nH]c1C.Cl.N#Cc1ccc(C2(F)CNC2)cc1. The molecule has 1 amide bonds. The summed E-state index contributed by atoms with van der Waals surface area (Å²) in [6, 6.07) is 27.8. The van der Waals surface area contributed by atoms with Crippen molar-refractivity contribution in [1.29, 1.82) is 10.5 Å². The van der Waals surface area contributed by atoms with Crippen LogP contribution >= 0.6 is 12.4 Å². The van der Waals surface area contributed by atoms with E-state index in [1.165, 1.54) is 4.90 Å². The number of nitriles is 2. The lowest BCUT2D eigenvalue weighted by Crippen LogP contribution is -2.58. The van der Waals surface area contributed by atoms with Crippen molar-refractivity contribution in [2.24, 2.45) is 0 Å². The molecule has 6 heterocycles. The molecule has 0 aliphatic carbocycles. The first kappa shape index (κ1) is 51.6. The summed E-state index contributed by atoms with van der Waals surface area (Å²) in [7, 11) is 0. The van der Waals surface area contributed by atoms with Gasteiger partial charge in [-0.15, -0.1) is 12.4 Å². The summed E-state index contributed by atoms with van der Waals surface area (Å²) >= 11 is 0. The molecule has 4 aliphatic rings. The third kappa shape index (κ3) is 10.2. The summed E-state index contributed by atoms with van der Waals surface area (Å²) in [5.74, 6) is 0.668. The number of nitrogens with zero attached hydrogens (tertiary/aromatic N) is 5. The lowest BCUT2D eigenvalue weighted by Gasteiger charge is -2.44. The zero-order valence-electron chi connectivity index (χ0n) is 38.7. The number of likely N-dealkylation sites (tertiary alicyclic amines) is 1. The van der Waals surface area contributed by atoms with Gasteiger partial charge in [0.1, 0.15) is 11.6 Å². The standard InChI is InChI=1S/C26H25FN4O2.C16H18N2O3.C10H9FN2.CH4.ClH/c1-16-4-7-19(10-21(16)22-17(2)29-24(30-22)25(3)14-33-15-25)23(32)31-12-26(27,13-31)20-8-5-18(11-28)6-9-20;1-9-4-5-11(14(19)20)6-12(9)13-10(2)17-15(18-13)16(3)7-21-8-16;11-10(6-13-7-10)9-3-1-8(5-12)2-4-9;;/h4-10H,12-15H2,1-3H3,(H,29,30);4-6H,7-8H2,1-3H3,(H,17,18)(H,19,20);1-4,13H,6-7H2;1H4;1H. The normalized spacial score (nSPS) is 17.3. The molecule has 0 radical (unpaired) electrons. The molecule has 10 rings (SSSR count). The summed E-state index contributed by atoms with van der Waals surface area (Å²) < 4.78 is 39.7. The van der Waals surface area contributed by atoms with Crippen LogP contribution in [0.2, 0.25) is 0 Å². The zero-order chi connectivity index (χ0) is 47.9. The zero-order valence-corrected chi connectivity index (χ0v) is 39.5. The van der Waals surface area contributed by atoms with Crippen molar-refractivity contribution in [3.8, 4) is 34.7 Å². The summed E-state index contributed by atoms with van der Waals surface area (Å²) in [4.78, 5) is 42.1. The predicted octanol–water partition coefficient (Wildman–Crippen LogP) is 9.24. The molecule has 4 aliphatic heterocycles. The smallest absolute Gasteiger partial charge is 0.335 e. The van der Waals surface area contributed by atoms with E-state index in [0.29, 0.717) is 67.3 Å². The number of carbonyl (C=O) groups excluding carboxylic acids is 1. The van der Waals surface area contributed by atoms with Crippen LogP contribution in [0.4, 0.5) is 8.78 Å². The van der Waals surface area contributed by atoms with Gasteiger partial charge in [-0.3, -0.25) is 4.79 Å². The Hall–Kier alpha value is -6.75. The molecule has 0 atom stereocenters. The molecule has 4 fully saturated rings. The number of ether oxygens (including phenoxy) is 2. The number of imidazole rings is 2. The van der Waals surface area contributed by atoms with Crippen molar-refractivity contribution < 1.29 is 33.0 Å². The van der Waals surface area contributed by atoms with Gasteiger partial charge in [-0.2, -0.15) is 10.5 Å². The number of aryl methyl sites for hydroxylation is 4. The van der Waals surface area contributed by atoms with Gasteiger partial charge in [0.25, 0.3) is 5.91 Å². The number of hydrogen-bond acceptors (Lipinski definition) is 9. The Bertz CT molecular complexity index is 2940. The summed E-state index contributed by atoms with van der Waals surface area (Å²) in [5, 5.41) is 29.5. The molecule has 4 N–H and O–H groups in total. The van der Waals surface area contributed by atoms with Gasteiger partial charge in [-0.25, -0.2) is 23.5 Å². The van der Waals surface area contributed by atoms with Gasteiger partial charge in [-0.05, 0) is 112 Å². The number of carbonyl (C=O) groups is 2. The topological polar surface area (TPSA) is 193 Å². The third-order valence-corrected chi connectivity index (χ3v) is 13.1. The highest BCUT2D eigenvalue weighted by Gasteiger charge is 2.47. The number of rotatable bonds is 8. The number of alkyl halides is 2. The summed E-state index contributed by atoms with van der Waals surface area (Å²) in [5.41, 5.74) is 7.32. The Labute approximate surface area is 407 Å². The lowest BCUT2D eigenvalue weighted by atomic mass is 9.87. The van der Waals surface area contributed by atoms with Gasteiger partial charge in [0.05, 0.1) is 90.6 Å². The molecule has 2 aromatic heterocycles. The second kappa shape index (κ2) is 20.1. The van der Waals surface area contributed by atoms with Gasteiger partial charge in [0.2, 0.25) is 0 Å². The fourth-order valence-corrected chi connectivity index (χ4v) is 8.43. The van der Waals surface area contributed by atoms with E-state index in [1.54, 1.807) is 66.7 Å². The molecule has 4 aromatic carbocycles. The second-order valence-electron chi connectivity index (χ2n) is 18.7. The maximum Gasteiger partial charge on any atom is 0.335 e. The van der Waals surface area contributed by atoms with E-state index in [2.05, 4.69) is 29.1 Å². The van der Waals surface area contributed by atoms with E-state index in [1.807, 2.05) is 58.0 Å². The molecular weight excluding hydrogens is 902 g/mol. The first-order valence-electron chi connectivity index (χ1n) is 22.0. The van der Waals surface area contributed by atoms with E-state index >= 15 is 4.39 Å². The van der Waals surface area contributed by atoms with Crippen molar-refractivity contribution in [3.05, 3.63) is 152 Å². The lowest BCUT2D eigenvalue weighted by molar-refractivity contribution is -0.0539. The quantitative estimate of drug-likeness (QED) is 0.114. The van der Waals surface area contributed by atoms with Crippen LogP contribution in [0.25, 0.3) is 22.5 Å². The molecule has 0 saturated carbocycles. The van der Waals surface area contributed by atoms with Gasteiger partial charge < -0.3 is 34.8 Å². The first-order valence-corrected chi connectivity index (χ1v) is 22.0. The van der Waals surface area contributed by atoms with Crippen LogP contribution in [0.1, 0.15) is 98.4 Å². The number of amides is 1. The average Bonchev–Trinajstić information content (AvgIpc) is 3.88. The predicted molar refractivity (Wildman–Crippen MR) is 261 cm³/mol. The van der Waals surface area contributed by atoms with Crippen molar-refractivity contribution in [3.63, 3.8) is 0 Å². The van der Waals surface area contributed by atoms with Gasteiger partial charge in [0.15, 0.2) is 11.3 Å². The van der Waals surface area contributed by atoms with Crippen LogP contribution in [0.3, 0.4) is 0 Å². The van der Waals surface area contributed by atoms with E-state index in [4.69, 9.17) is 35.1 Å². The maximum atomic E-state index is 15.3. The number of carboxylic acid groups (broad SMARTS) is 1. The largest absolute Gasteiger partial charge is 0.478 e. The summed E-state index contributed by atoms with van der Waals surface area (Å²) in [6.45, 7) is 15.4. The van der Waals surface area contributed by atoms with Crippen LogP contribution < -0.4 is 5.32 Å². The van der Waals surface area contributed by atoms with Crippen molar-refractivity contribution in [2.45, 2.75) is 71.1 Å². The minimum absolute atomic E-state index is 0. The number of H-pyrrole nitrogens is 2. The van der Waals surface area contributed by atoms with E-state index in [-0.39, 0.29) is 55.2 Å².